The Morgan fingerprint density at radius 1 is 1.15 bits per heavy atom. The molecule has 4 rings (SSSR count). The minimum absolute atomic E-state index is 0.0619. The monoisotopic (exact) mass is 350 g/mol. The Hall–Kier alpha value is -2.86. The van der Waals surface area contributed by atoms with E-state index in [9.17, 15) is 4.79 Å². The summed E-state index contributed by atoms with van der Waals surface area (Å²) in [4.78, 5) is 19.2. The van der Waals surface area contributed by atoms with Crippen molar-refractivity contribution in [3.05, 3.63) is 66.1 Å². The maximum atomic E-state index is 12.7. The van der Waals surface area contributed by atoms with Crippen molar-refractivity contribution in [1.29, 1.82) is 0 Å². The summed E-state index contributed by atoms with van der Waals surface area (Å²) in [7, 11) is 0. The molecule has 1 amide bonds. The summed E-state index contributed by atoms with van der Waals surface area (Å²) >= 11 is 0. The Kier molecular flexibility index (Phi) is 4.84. The van der Waals surface area contributed by atoms with Crippen molar-refractivity contribution < 1.29 is 9.53 Å². The van der Waals surface area contributed by atoms with Crippen LogP contribution < -0.4 is 10.1 Å². The van der Waals surface area contributed by atoms with Crippen LogP contribution in [0.5, 0.6) is 5.75 Å². The van der Waals surface area contributed by atoms with E-state index < -0.39 is 0 Å². The van der Waals surface area contributed by atoms with Gasteiger partial charge in [-0.1, -0.05) is 12.1 Å². The van der Waals surface area contributed by atoms with Crippen LogP contribution >= 0.6 is 0 Å². The number of fused-ring (bicyclic) bond motifs is 1. The standard InChI is InChI=1S/C20H22N4O2/c25-20(23-11-4-8-21-9-12-23)16-5-3-6-18(13-16)26-15-17-14-24-10-2-1-7-19(24)22-17/h1-3,5-7,10,13-14,21H,4,8-9,11-12,15H2. The molecule has 0 atom stereocenters. The number of hydrogen-bond acceptors (Lipinski definition) is 4. The molecule has 0 bridgehead atoms. The average Bonchev–Trinajstić information content (AvgIpc) is 2.90. The molecule has 6 heteroatoms. The normalized spacial score (nSPS) is 15.0. The molecule has 0 spiro atoms. The Morgan fingerprint density at radius 2 is 2.12 bits per heavy atom. The summed E-state index contributed by atoms with van der Waals surface area (Å²) < 4.78 is 7.83. The number of amides is 1. The second-order valence-electron chi connectivity index (χ2n) is 6.41. The number of carbonyl (C=O) groups is 1. The molecule has 0 radical (unpaired) electrons. The van der Waals surface area contributed by atoms with Gasteiger partial charge in [-0.15, -0.1) is 0 Å². The number of ether oxygens (including phenoxy) is 1. The van der Waals surface area contributed by atoms with Crippen LogP contribution in [-0.2, 0) is 6.61 Å². The van der Waals surface area contributed by atoms with Crippen LogP contribution in [0, 0.1) is 0 Å². The molecule has 0 aliphatic carbocycles. The average molecular weight is 350 g/mol. The van der Waals surface area contributed by atoms with Gasteiger partial charge in [0.15, 0.2) is 0 Å². The van der Waals surface area contributed by atoms with Gasteiger partial charge in [0.05, 0.1) is 5.69 Å². The minimum Gasteiger partial charge on any atom is -0.487 e. The van der Waals surface area contributed by atoms with E-state index in [0.29, 0.717) is 17.9 Å². The molecule has 1 N–H and O–H groups in total. The van der Waals surface area contributed by atoms with E-state index in [1.807, 2.05) is 64.2 Å². The van der Waals surface area contributed by atoms with Crippen molar-refractivity contribution in [2.24, 2.45) is 0 Å². The number of nitrogens with one attached hydrogen (secondary N) is 1. The van der Waals surface area contributed by atoms with Crippen molar-refractivity contribution in [3.63, 3.8) is 0 Å². The number of hydrogen-bond donors (Lipinski definition) is 1. The molecular weight excluding hydrogens is 328 g/mol. The highest BCUT2D eigenvalue weighted by atomic mass is 16.5. The van der Waals surface area contributed by atoms with E-state index in [1.165, 1.54) is 0 Å². The molecule has 1 fully saturated rings. The van der Waals surface area contributed by atoms with E-state index in [-0.39, 0.29) is 5.91 Å². The zero-order chi connectivity index (χ0) is 17.8. The second kappa shape index (κ2) is 7.58. The number of imidazole rings is 1. The first-order valence-electron chi connectivity index (χ1n) is 8.95. The summed E-state index contributed by atoms with van der Waals surface area (Å²) in [5.74, 6) is 0.743. The Balaban J connectivity index is 1.44. The first kappa shape index (κ1) is 16.6. The quantitative estimate of drug-likeness (QED) is 0.785. The molecule has 0 saturated carbocycles. The van der Waals surface area contributed by atoms with Crippen LogP contribution in [0.25, 0.3) is 5.65 Å². The first-order chi connectivity index (χ1) is 12.8. The van der Waals surface area contributed by atoms with Crippen molar-refractivity contribution in [3.8, 4) is 5.75 Å². The molecule has 1 aliphatic rings. The van der Waals surface area contributed by atoms with Gasteiger partial charge >= 0.3 is 0 Å². The molecule has 0 unspecified atom stereocenters. The van der Waals surface area contributed by atoms with Crippen LogP contribution in [-0.4, -0.2) is 46.4 Å². The van der Waals surface area contributed by atoms with E-state index in [4.69, 9.17) is 4.74 Å². The van der Waals surface area contributed by atoms with Gasteiger partial charge in [0.1, 0.15) is 18.0 Å². The van der Waals surface area contributed by atoms with Gasteiger partial charge in [-0.25, -0.2) is 4.98 Å². The number of rotatable bonds is 4. The van der Waals surface area contributed by atoms with Gasteiger partial charge in [-0.05, 0) is 43.3 Å². The van der Waals surface area contributed by atoms with E-state index in [0.717, 1.165) is 43.9 Å². The Labute approximate surface area is 152 Å². The molecule has 3 heterocycles. The molecule has 1 saturated heterocycles. The SMILES string of the molecule is O=C(c1cccc(OCc2cn3ccccc3n2)c1)N1CCCNCC1. The van der Waals surface area contributed by atoms with Gasteiger partial charge in [0.25, 0.3) is 5.91 Å². The van der Waals surface area contributed by atoms with Gasteiger partial charge in [0, 0.05) is 37.6 Å². The fourth-order valence-corrected chi connectivity index (χ4v) is 3.16. The van der Waals surface area contributed by atoms with E-state index in [1.54, 1.807) is 0 Å². The van der Waals surface area contributed by atoms with Crippen molar-refractivity contribution >= 4 is 11.6 Å². The Morgan fingerprint density at radius 3 is 3.04 bits per heavy atom. The third-order valence-corrected chi connectivity index (χ3v) is 4.51. The minimum atomic E-state index is 0.0619. The maximum absolute atomic E-state index is 12.7. The number of pyridine rings is 1. The van der Waals surface area contributed by atoms with Gasteiger partial charge in [0.2, 0.25) is 0 Å². The highest BCUT2D eigenvalue weighted by molar-refractivity contribution is 5.94. The second-order valence-corrected chi connectivity index (χ2v) is 6.41. The highest BCUT2D eigenvalue weighted by Gasteiger charge is 2.17. The molecule has 134 valence electrons. The predicted molar refractivity (Wildman–Crippen MR) is 99.4 cm³/mol. The van der Waals surface area contributed by atoms with E-state index >= 15 is 0 Å². The highest BCUT2D eigenvalue weighted by Crippen LogP contribution is 2.17. The third kappa shape index (κ3) is 3.70. The maximum Gasteiger partial charge on any atom is 0.254 e. The number of carbonyl (C=O) groups excluding carboxylic acids is 1. The van der Waals surface area contributed by atoms with Crippen LogP contribution in [0.3, 0.4) is 0 Å². The predicted octanol–water partition coefficient (Wildman–Crippen LogP) is 2.35. The number of benzene rings is 1. The zero-order valence-corrected chi connectivity index (χ0v) is 14.6. The largest absolute Gasteiger partial charge is 0.487 e. The molecule has 26 heavy (non-hydrogen) atoms. The fraction of sp³-hybridized carbons (Fsp3) is 0.300. The van der Waals surface area contributed by atoms with Crippen LogP contribution in [0.1, 0.15) is 22.5 Å². The first-order valence-corrected chi connectivity index (χ1v) is 8.95. The zero-order valence-electron chi connectivity index (χ0n) is 14.6. The van der Waals surface area contributed by atoms with Gasteiger partial charge in [-0.3, -0.25) is 4.79 Å². The summed E-state index contributed by atoms with van der Waals surface area (Å²) in [6.07, 6.45) is 4.89. The summed E-state index contributed by atoms with van der Waals surface area (Å²) in [6, 6.07) is 13.3. The smallest absolute Gasteiger partial charge is 0.254 e. The van der Waals surface area contributed by atoms with E-state index in [2.05, 4.69) is 10.3 Å². The molecular formula is C20H22N4O2. The lowest BCUT2D eigenvalue weighted by molar-refractivity contribution is 0.0766. The third-order valence-electron chi connectivity index (χ3n) is 4.51. The summed E-state index contributed by atoms with van der Waals surface area (Å²) in [5, 5.41) is 3.32. The van der Waals surface area contributed by atoms with Gasteiger partial charge in [-0.2, -0.15) is 0 Å². The molecule has 2 aromatic heterocycles. The van der Waals surface area contributed by atoms with Crippen LogP contribution in [0.15, 0.2) is 54.9 Å². The fourth-order valence-electron chi connectivity index (χ4n) is 3.16. The van der Waals surface area contributed by atoms with Crippen molar-refractivity contribution in [2.45, 2.75) is 13.0 Å². The topological polar surface area (TPSA) is 58.9 Å². The van der Waals surface area contributed by atoms with Crippen molar-refractivity contribution in [2.75, 3.05) is 26.2 Å². The van der Waals surface area contributed by atoms with Gasteiger partial charge < -0.3 is 19.4 Å². The molecule has 1 aromatic carbocycles. The lowest BCUT2D eigenvalue weighted by atomic mass is 10.2. The number of nitrogens with zero attached hydrogens (tertiary/aromatic N) is 3. The van der Waals surface area contributed by atoms with Crippen molar-refractivity contribution in [1.82, 2.24) is 19.6 Å². The summed E-state index contributed by atoms with van der Waals surface area (Å²) in [6.45, 7) is 3.71. The van der Waals surface area contributed by atoms with Crippen LogP contribution in [0.4, 0.5) is 0 Å². The molecule has 3 aromatic rings. The lowest BCUT2D eigenvalue weighted by Crippen LogP contribution is -2.34. The Bertz CT molecular complexity index is 864. The molecule has 1 aliphatic heterocycles. The summed E-state index contributed by atoms with van der Waals surface area (Å²) in [5.41, 5.74) is 2.41. The lowest BCUT2D eigenvalue weighted by Gasteiger charge is -2.20. The molecule has 6 nitrogen and oxygen atoms in total. The number of aromatic nitrogens is 2. The van der Waals surface area contributed by atoms with Crippen LogP contribution in [0.2, 0.25) is 0 Å².